The summed E-state index contributed by atoms with van der Waals surface area (Å²) in [6.45, 7) is 6.01. The molecule has 1 aliphatic heterocycles. The molecule has 3 aromatic rings. The third kappa shape index (κ3) is 3.72. The van der Waals surface area contributed by atoms with Gasteiger partial charge in [-0.1, -0.05) is 25.1 Å². The maximum Gasteiger partial charge on any atom is 0.227 e. The molecular formula is C22H27N5O. The molecule has 2 N–H and O–H groups in total. The first-order valence-electron chi connectivity index (χ1n) is 9.95. The molecule has 28 heavy (non-hydrogen) atoms. The molecule has 0 spiro atoms. The summed E-state index contributed by atoms with van der Waals surface area (Å²) in [5.74, 6) is 0.249. The number of amides is 1. The van der Waals surface area contributed by atoms with Gasteiger partial charge in [-0.05, 0) is 38.0 Å². The first-order valence-corrected chi connectivity index (χ1v) is 9.95. The number of aryl methyl sites for hydroxylation is 1. The molecule has 2 atom stereocenters. The normalized spacial score (nSPS) is 18.4. The molecule has 0 aliphatic carbocycles. The fraction of sp³-hybridized carbons (Fsp3) is 0.409. The largest absolute Gasteiger partial charge is 0.397 e. The minimum Gasteiger partial charge on any atom is -0.397 e. The summed E-state index contributed by atoms with van der Waals surface area (Å²) >= 11 is 0. The average Bonchev–Trinajstić information content (AvgIpc) is 3.11. The van der Waals surface area contributed by atoms with Gasteiger partial charge in [-0.15, -0.1) is 0 Å². The van der Waals surface area contributed by atoms with Crippen LogP contribution in [0.4, 0.5) is 5.69 Å². The predicted octanol–water partition coefficient (Wildman–Crippen LogP) is 3.36. The van der Waals surface area contributed by atoms with Gasteiger partial charge in [-0.2, -0.15) is 5.10 Å². The van der Waals surface area contributed by atoms with Crippen LogP contribution in [0.5, 0.6) is 0 Å². The Morgan fingerprint density at radius 1 is 1.32 bits per heavy atom. The molecule has 146 valence electrons. The lowest BCUT2D eigenvalue weighted by Crippen LogP contribution is -2.43. The summed E-state index contributed by atoms with van der Waals surface area (Å²) in [5.41, 5.74) is 9.89. The van der Waals surface area contributed by atoms with Gasteiger partial charge in [-0.3, -0.25) is 14.5 Å². The number of aromatic nitrogens is 3. The molecular weight excluding hydrogens is 350 g/mol. The second kappa shape index (κ2) is 7.62. The van der Waals surface area contributed by atoms with Crippen molar-refractivity contribution >= 4 is 22.5 Å². The number of hydrogen-bond acceptors (Lipinski definition) is 4. The summed E-state index contributed by atoms with van der Waals surface area (Å²) in [6, 6.07) is 12.0. The van der Waals surface area contributed by atoms with E-state index in [4.69, 9.17) is 10.7 Å². The first kappa shape index (κ1) is 18.5. The van der Waals surface area contributed by atoms with Crippen LogP contribution in [-0.2, 0) is 11.3 Å². The standard InChI is InChI=1S/C22H27N5O/c1-15(13-27-11-9-16(2)25-27)22(28)26-10-5-7-18(14-26)21-19(23)12-17-6-3-4-8-20(17)24-21/h3-4,6,8-9,11-12,15,18H,5,7,10,13-14,23H2,1-2H3/t15-,18-/m1/s1. The van der Waals surface area contributed by atoms with E-state index in [-0.39, 0.29) is 17.7 Å². The van der Waals surface area contributed by atoms with Crippen LogP contribution in [0.25, 0.3) is 10.9 Å². The van der Waals surface area contributed by atoms with Crippen LogP contribution in [0.3, 0.4) is 0 Å². The Hall–Kier alpha value is -2.89. The number of nitrogens with zero attached hydrogens (tertiary/aromatic N) is 4. The Kier molecular flexibility index (Phi) is 5.03. The molecule has 6 heteroatoms. The Morgan fingerprint density at radius 2 is 2.14 bits per heavy atom. The third-order valence-corrected chi connectivity index (χ3v) is 5.56. The van der Waals surface area contributed by atoms with Gasteiger partial charge in [0, 0.05) is 30.6 Å². The number of para-hydroxylation sites is 1. The van der Waals surface area contributed by atoms with Crippen LogP contribution in [0, 0.1) is 12.8 Å². The second-order valence-corrected chi connectivity index (χ2v) is 7.86. The number of pyridine rings is 1. The zero-order valence-electron chi connectivity index (χ0n) is 16.5. The lowest BCUT2D eigenvalue weighted by molar-refractivity contribution is -0.136. The summed E-state index contributed by atoms with van der Waals surface area (Å²) in [4.78, 5) is 19.8. The van der Waals surface area contributed by atoms with E-state index in [1.165, 1.54) is 0 Å². The van der Waals surface area contributed by atoms with Gasteiger partial charge in [-0.25, -0.2) is 0 Å². The highest BCUT2D eigenvalue weighted by atomic mass is 16.2. The van der Waals surface area contributed by atoms with E-state index >= 15 is 0 Å². The van der Waals surface area contributed by atoms with E-state index in [0.717, 1.165) is 47.4 Å². The number of hydrogen-bond donors (Lipinski definition) is 1. The fourth-order valence-electron chi connectivity index (χ4n) is 4.11. The minimum absolute atomic E-state index is 0.111. The van der Waals surface area contributed by atoms with Crippen molar-refractivity contribution in [1.29, 1.82) is 0 Å². The number of nitrogens with two attached hydrogens (primary N) is 1. The quantitative estimate of drug-likeness (QED) is 0.756. The molecule has 3 heterocycles. The number of carbonyl (C=O) groups is 1. The first-order chi connectivity index (χ1) is 13.5. The number of likely N-dealkylation sites (tertiary alicyclic amines) is 1. The molecule has 2 aromatic heterocycles. The van der Waals surface area contributed by atoms with Crippen molar-refractivity contribution < 1.29 is 4.79 Å². The highest BCUT2D eigenvalue weighted by Crippen LogP contribution is 2.31. The van der Waals surface area contributed by atoms with Crippen LogP contribution >= 0.6 is 0 Å². The third-order valence-electron chi connectivity index (χ3n) is 5.56. The van der Waals surface area contributed by atoms with E-state index in [9.17, 15) is 4.79 Å². The predicted molar refractivity (Wildman–Crippen MR) is 111 cm³/mol. The SMILES string of the molecule is Cc1ccn(C[C@@H](C)C(=O)N2CCC[C@@H](c3nc4ccccc4cc3N)C2)n1. The van der Waals surface area contributed by atoms with Crippen molar-refractivity contribution in [2.45, 2.75) is 39.2 Å². The summed E-state index contributed by atoms with van der Waals surface area (Å²) in [6.07, 6.45) is 3.90. The number of benzene rings is 1. The lowest BCUT2D eigenvalue weighted by Gasteiger charge is -2.34. The van der Waals surface area contributed by atoms with Gasteiger partial charge in [0.1, 0.15) is 0 Å². The molecule has 1 aromatic carbocycles. The van der Waals surface area contributed by atoms with Gasteiger partial charge in [0.15, 0.2) is 0 Å². The highest BCUT2D eigenvalue weighted by Gasteiger charge is 2.29. The van der Waals surface area contributed by atoms with Crippen LogP contribution in [0.1, 0.15) is 37.1 Å². The Labute approximate surface area is 165 Å². The van der Waals surface area contributed by atoms with E-state index < -0.39 is 0 Å². The smallest absolute Gasteiger partial charge is 0.227 e. The summed E-state index contributed by atoms with van der Waals surface area (Å²) in [7, 11) is 0. The van der Waals surface area contributed by atoms with E-state index in [1.54, 1.807) is 0 Å². The number of carbonyl (C=O) groups excluding carboxylic acids is 1. The van der Waals surface area contributed by atoms with Crippen LogP contribution in [0.15, 0.2) is 42.6 Å². The minimum atomic E-state index is -0.111. The van der Waals surface area contributed by atoms with E-state index in [1.807, 2.05) is 66.0 Å². The molecule has 1 amide bonds. The van der Waals surface area contributed by atoms with Crippen LogP contribution in [-0.4, -0.2) is 38.7 Å². The van der Waals surface area contributed by atoms with Crippen molar-refractivity contribution in [2.75, 3.05) is 18.8 Å². The van der Waals surface area contributed by atoms with E-state index in [0.29, 0.717) is 13.1 Å². The maximum absolute atomic E-state index is 13.0. The molecule has 4 rings (SSSR count). The zero-order chi connectivity index (χ0) is 19.7. The van der Waals surface area contributed by atoms with Crippen molar-refractivity contribution in [3.05, 3.63) is 54.0 Å². The number of fused-ring (bicyclic) bond motifs is 1. The van der Waals surface area contributed by atoms with Crippen molar-refractivity contribution in [2.24, 2.45) is 5.92 Å². The molecule has 0 unspecified atom stereocenters. The van der Waals surface area contributed by atoms with Gasteiger partial charge >= 0.3 is 0 Å². The molecule has 0 radical (unpaired) electrons. The van der Waals surface area contributed by atoms with Crippen LogP contribution < -0.4 is 5.73 Å². The van der Waals surface area contributed by atoms with Crippen molar-refractivity contribution in [1.82, 2.24) is 19.7 Å². The Morgan fingerprint density at radius 3 is 2.93 bits per heavy atom. The number of nitrogen functional groups attached to an aromatic ring is 1. The summed E-state index contributed by atoms with van der Waals surface area (Å²) in [5, 5.41) is 5.45. The molecule has 1 aliphatic rings. The maximum atomic E-state index is 13.0. The monoisotopic (exact) mass is 377 g/mol. The fourth-order valence-corrected chi connectivity index (χ4v) is 4.11. The van der Waals surface area contributed by atoms with Crippen molar-refractivity contribution in [3.8, 4) is 0 Å². The Balaban J connectivity index is 1.49. The molecule has 0 bridgehead atoms. The molecule has 1 fully saturated rings. The van der Waals surface area contributed by atoms with Gasteiger partial charge < -0.3 is 10.6 Å². The van der Waals surface area contributed by atoms with Crippen molar-refractivity contribution in [3.63, 3.8) is 0 Å². The summed E-state index contributed by atoms with van der Waals surface area (Å²) < 4.78 is 1.85. The highest BCUT2D eigenvalue weighted by molar-refractivity contribution is 5.82. The molecule has 0 saturated carbocycles. The number of anilines is 1. The van der Waals surface area contributed by atoms with Gasteiger partial charge in [0.2, 0.25) is 5.91 Å². The van der Waals surface area contributed by atoms with Crippen LogP contribution in [0.2, 0.25) is 0 Å². The molecule has 6 nitrogen and oxygen atoms in total. The molecule has 1 saturated heterocycles. The number of rotatable bonds is 4. The Bertz CT molecular complexity index is 996. The van der Waals surface area contributed by atoms with Gasteiger partial charge in [0.25, 0.3) is 0 Å². The topological polar surface area (TPSA) is 77.0 Å². The average molecular weight is 377 g/mol. The zero-order valence-corrected chi connectivity index (χ0v) is 16.5. The lowest BCUT2D eigenvalue weighted by atomic mass is 9.92. The number of piperidine rings is 1. The van der Waals surface area contributed by atoms with Gasteiger partial charge in [0.05, 0.1) is 35.1 Å². The second-order valence-electron chi connectivity index (χ2n) is 7.86. The van der Waals surface area contributed by atoms with E-state index in [2.05, 4.69) is 5.10 Å².